The van der Waals surface area contributed by atoms with Crippen molar-refractivity contribution in [3.05, 3.63) is 35.4 Å². The molecule has 2 aliphatic rings. The lowest BCUT2D eigenvalue weighted by Gasteiger charge is -2.35. The van der Waals surface area contributed by atoms with Gasteiger partial charge in [0.2, 0.25) is 5.91 Å². The highest BCUT2D eigenvalue weighted by Crippen LogP contribution is 2.27. The maximum Gasteiger partial charge on any atom is 0.259 e. The number of hydrogen-bond donors (Lipinski definition) is 1. The van der Waals surface area contributed by atoms with Crippen molar-refractivity contribution in [3.63, 3.8) is 0 Å². The molecule has 26 heavy (non-hydrogen) atoms. The Morgan fingerprint density at radius 3 is 2.15 bits per heavy atom. The standard InChI is InChI=1S/C18H23F2N3O2.ClH/c19-13-4-2-5-14(20)17(13)18(25)23-9-7-22(8-10-23)16(24)11-12-3-1-6-15(12)21;/h2,4-5,12,15H,1,3,6-11,21H2;1H/t12-,15+;/m0./s1. The van der Waals surface area contributed by atoms with Crippen LogP contribution in [0.2, 0.25) is 0 Å². The van der Waals surface area contributed by atoms with E-state index < -0.39 is 23.1 Å². The number of nitrogens with two attached hydrogens (primary N) is 1. The highest BCUT2D eigenvalue weighted by atomic mass is 35.5. The van der Waals surface area contributed by atoms with Crippen LogP contribution < -0.4 is 5.73 Å². The van der Waals surface area contributed by atoms with Gasteiger partial charge >= 0.3 is 0 Å². The van der Waals surface area contributed by atoms with Crippen LogP contribution in [0.25, 0.3) is 0 Å². The second kappa shape index (κ2) is 8.77. The van der Waals surface area contributed by atoms with Crippen LogP contribution in [0.3, 0.4) is 0 Å². The van der Waals surface area contributed by atoms with Crippen LogP contribution in [-0.2, 0) is 4.79 Å². The first-order valence-corrected chi connectivity index (χ1v) is 8.74. The largest absolute Gasteiger partial charge is 0.339 e. The zero-order valence-electron chi connectivity index (χ0n) is 14.5. The first-order valence-electron chi connectivity index (χ1n) is 8.74. The molecule has 1 aliphatic heterocycles. The molecular weight excluding hydrogens is 364 g/mol. The average Bonchev–Trinajstić information content (AvgIpc) is 2.99. The lowest BCUT2D eigenvalue weighted by Crippen LogP contribution is -2.51. The molecule has 0 aromatic heterocycles. The van der Waals surface area contributed by atoms with Gasteiger partial charge in [-0.25, -0.2) is 8.78 Å². The Balaban J connectivity index is 0.00000243. The van der Waals surface area contributed by atoms with E-state index in [2.05, 4.69) is 0 Å². The first-order chi connectivity index (χ1) is 12.0. The van der Waals surface area contributed by atoms with E-state index in [1.165, 1.54) is 11.0 Å². The van der Waals surface area contributed by atoms with Crippen LogP contribution >= 0.6 is 12.4 Å². The van der Waals surface area contributed by atoms with Gasteiger partial charge in [-0.2, -0.15) is 0 Å². The molecule has 1 saturated heterocycles. The molecule has 5 nitrogen and oxygen atoms in total. The Kier molecular flexibility index (Phi) is 6.94. The molecule has 144 valence electrons. The summed E-state index contributed by atoms with van der Waals surface area (Å²) in [6.07, 6.45) is 3.46. The fourth-order valence-corrected chi connectivity index (χ4v) is 3.69. The average molecular weight is 388 g/mol. The summed E-state index contributed by atoms with van der Waals surface area (Å²) in [4.78, 5) is 27.9. The Labute approximate surface area is 157 Å². The van der Waals surface area contributed by atoms with Crippen LogP contribution in [0.5, 0.6) is 0 Å². The fourth-order valence-electron chi connectivity index (χ4n) is 3.69. The fraction of sp³-hybridized carbons (Fsp3) is 0.556. The number of piperazine rings is 1. The number of carbonyl (C=O) groups excluding carboxylic acids is 2. The highest BCUT2D eigenvalue weighted by Gasteiger charge is 2.31. The lowest BCUT2D eigenvalue weighted by molar-refractivity contribution is -0.133. The molecule has 8 heteroatoms. The van der Waals surface area contributed by atoms with Gasteiger partial charge in [-0.15, -0.1) is 12.4 Å². The predicted octanol–water partition coefficient (Wildman–Crippen LogP) is 2.19. The van der Waals surface area contributed by atoms with Crippen molar-refractivity contribution in [2.75, 3.05) is 26.2 Å². The monoisotopic (exact) mass is 387 g/mol. The van der Waals surface area contributed by atoms with Gasteiger partial charge in [-0.05, 0) is 30.9 Å². The third-order valence-corrected chi connectivity index (χ3v) is 5.25. The van der Waals surface area contributed by atoms with E-state index in [1.54, 1.807) is 4.90 Å². The quantitative estimate of drug-likeness (QED) is 0.864. The van der Waals surface area contributed by atoms with E-state index in [1.807, 2.05) is 0 Å². The molecule has 2 N–H and O–H groups in total. The van der Waals surface area contributed by atoms with Gasteiger partial charge < -0.3 is 15.5 Å². The number of nitrogens with zero attached hydrogens (tertiary/aromatic N) is 2. The van der Waals surface area contributed by atoms with Crippen LogP contribution in [-0.4, -0.2) is 53.8 Å². The maximum atomic E-state index is 13.8. The Bertz CT molecular complexity index is 646. The second-order valence-electron chi connectivity index (χ2n) is 6.83. The summed E-state index contributed by atoms with van der Waals surface area (Å²) in [5.74, 6) is -2.11. The van der Waals surface area contributed by atoms with Crippen molar-refractivity contribution in [1.82, 2.24) is 9.80 Å². The Morgan fingerprint density at radius 2 is 1.62 bits per heavy atom. The maximum absolute atomic E-state index is 13.8. The Morgan fingerprint density at radius 1 is 1.04 bits per heavy atom. The van der Waals surface area contributed by atoms with Gasteiger partial charge in [0, 0.05) is 38.6 Å². The summed E-state index contributed by atoms with van der Waals surface area (Å²) in [6, 6.07) is 3.46. The van der Waals surface area contributed by atoms with Gasteiger partial charge in [0.25, 0.3) is 5.91 Å². The number of hydrogen-bond acceptors (Lipinski definition) is 3. The third kappa shape index (κ3) is 4.32. The van der Waals surface area contributed by atoms with Gasteiger partial charge in [-0.1, -0.05) is 12.5 Å². The summed E-state index contributed by atoms with van der Waals surface area (Å²) in [7, 11) is 0. The summed E-state index contributed by atoms with van der Waals surface area (Å²) in [6.45, 7) is 1.30. The van der Waals surface area contributed by atoms with Gasteiger partial charge in [0.1, 0.15) is 17.2 Å². The van der Waals surface area contributed by atoms with Crippen molar-refractivity contribution in [2.45, 2.75) is 31.7 Å². The van der Waals surface area contributed by atoms with E-state index in [9.17, 15) is 18.4 Å². The number of carbonyl (C=O) groups is 2. The lowest BCUT2D eigenvalue weighted by atomic mass is 9.99. The molecule has 0 radical (unpaired) electrons. The van der Waals surface area contributed by atoms with E-state index in [-0.39, 0.29) is 43.4 Å². The van der Waals surface area contributed by atoms with E-state index in [0.29, 0.717) is 19.5 Å². The molecule has 1 heterocycles. The zero-order chi connectivity index (χ0) is 18.0. The van der Waals surface area contributed by atoms with Crippen molar-refractivity contribution in [1.29, 1.82) is 0 Å². The van der Waals surface area contributed by atoms with E-state index in [4.69, 9.17) is 5.73 Å². The van der Waals surface area contributed by atoms with E-state index >= 15 is 0 Å². The van der Waals surface area contributed by atoms with Crippen molar-refractivity contribution < 1.29 is 18.4 Å². The molecule has 2 atom stereocenters. The molecule has 0 bridgehead atoms. The van der Waals surface area contributed by atoms with Crippen LogP contribution in [0.1, 0.15) is 36.0 Å². The normalized spacial score (nSPS) is 22.9. The molecule has 1 aromatic carbocycles. The van der Waals surface area contributed by atoms with Gasteiger partial charge in [0.15, 0.2) is 0 Å². The highest BCUT2D eigenvalue weighted by molar-refractivity contribution is 5.95. The minimum absolute atomic E-state index is 0. The van der Waals surface area contributed by atoms with E-state index in [0.717, 1.165) is 31.4 Å². The van der Waals surface area contributed by atoms with Crippen molar-refractivity contribution >= 4 is 24.2 Å². The molecule has 3 rings (SSSR count). The third-order valence-electron chi connectivity index (χ3n) is 5.25. The topological polar surface area (TPSA) is 66.6 Å². The minimum atomic E-state index is -0.862. The number of amides is 2. The number of rotatable bonds is 3. The molecule has 1 aliphatic carbocycles. The first kappa shape index (κ1) is 20.6. The van der Waals surface area contributed by atoms with Crippen LogP contribution in [0, 0.1) is 17.6 Å². The molecular formula is C18H24ClF2N3O2. The smallest absolute Gasteiger partial charge is 0.259 e. The molecule has 0 unspecified atom stereocenters. The van der Waals surface area contributed by atoms with Crippen molar-refractivity contribution in [2.24, 2.45) is 11.7 Å². The zero-order valence-corrected chi connectivity index (χ0v) is 15.3. The SMILES string of the molecule is Cl.N[C@@H]1CCC[C@H]1CC(=O)N1CCN(C(=O)c2c(F)cccc2F)CC1. The molecule has 1 saturated carbocycles. The minimum Gasteiger partial charge on any atom is -0.339 e. The van der Waals surface area contributed by atoms with Gasteiger partial charge in [0.05, 0.1) is 0 Å². The second-order valence-corrected chi connectivity index (χ2v) is 6.83. The van der Waals surface area contributed by atoms with Gasteiger partial charge in [-0.3, -0.25) is 9.59 Å². The van der Waals surface area contributed by atoms with Crippen LogP contribution in [0.4, 0.5) is 8.78 Å². The summed E-state index contributed by atoms with van der Waals surface area (Å²) in [5, 5.41) is 0. The summed E-state index contributed by atoms with van der Waals surface area (Å²) >= 11 is 0. The summed E-state index contributed by atoms with van der Waals surface area (Å²) < 4.78 is 27.5. The van der Waals surface area contributed by atoms with Crippen molar-refractivity contribution in [3.8, 4) is 0 Å². The molecule has 1 aromatic rings. The summed E-state index contributed by atoms with van der Waals surface area (Å²) in [5.41, 5.74) is 5.49. The number of benzene rings is 1. The predicted molar refractivity (Wildman–Crippen MR) is 96.0 cm³/mol. The molecule has 2 fully saturated rings. The molecule has 0 spiro atoms. The van der Waals surface area contributed by atoms with Crippen LogP contribution in [0.15, 0.2) is 18.2 Å². The Hall–Kier alpha value is -1.73. The number of halogens is 3. The molecule has 2 amide bonds.